The molecule has 0 spiro atoms. The molecule has 80 valence electrons. The van der Waals surface area contributed by atoms with E-state index in [2.05, 4.69) is 29.5 Å². The first-order valence-corrected chi connectivity index (χ1v) is 5.99. The smallest absolute Gasteiger partial charge is 0.0664 e. The highest BCUT2D eigenvalue weighted by atomic mass is 32.1. The molecule has 0 saturated heterocycles. The maximum Gasteiger partial charge on any atom is 0.0664 e. The van der Waals surface area contributed by atoms with E-state index in [1.807, 2.05) is 6.92 Å². The van der Waals surface area contributed by atoms with Crippen molar-refractivity contribution in [2.45, 2.75) is 25.9 Å². The third-order valence-electron chi connectivity index (χ3n) is 2.31. The van der Waals surface area contributed by atoms with Crippen LogP contribution in [0.3, 0.4) is 0 Å². The van der Waals surface area contributed by atoms with Gasteiger partial charge in [-0.2, -0.15) is 0 Å². The van der Waals surface area contributed by atoms with Crippen LogP contribution < -0.4 is 0 Å². The van der Waals surface area contributed by atoms with Gasteiger partial charge in [0.1, 0.15) is 0 Å². The van der Waals surface area contributed by atoms with Crippen LogP contribution in [-0.4, -0.2) is 36.2 Å². The molecule has 14 heavy (non-hydrogen) atoms. The molecule has 0 fully saturated rings. The number of aliphatic hydroxyl groups is 1. The summed E-state index contributed by atoms with van der Waals surface area (Å²) in [5.74, 6) is 0. The van der Waals surface area contributed by atoms with Crippen LogP contribution in [0, 0.1) is 0 Å². The number of hydrogen-bond acceptors (Lipinski definition) is 3. The molecule has 2 nitrogen and oxygen atoms in total. The summed E-state index contributed by atoms with van der Waals surface area (Å²) in [4.78, 5) is 3.61. The van der Waals surface area contributed by atoms with Crippen LogP contribution in [0.5, 0.6) is 0 Å². The van der Waals surface area contributed by atoms with Gasteiger partial charge in [0, 0.05) is 18.0 Å². The van der Waals surface area contributed by atoms with Crippen molar-refractivity contribution in [3.8, 4) is 0 Å². The molecular formula is C11H19NOS. The fraction of sp³-hybridized carbons (Fsp3) is 0.636. The van der Waals surface area contributed by atoms with Crippen molar-refractivity contribution in [2.75, 3.05) is 20.1 Å². The van der Waals surface area contributed by atoms with Gasteiger partial charge in [0.05, 0.1) is 6.10 Å². The van der Waals surface area contributed by atoms with Gasteiger partial charge in [0.15, 0.2) is 0 Å². The molecule has 1 aromatic rings. The SMILES string of the molecule is CC[C@@H](O)CN(C)CCc1cccs1. The van der Waals surface area contributed by atoms with Crippen LogP contribution in [0.25, 0.3) is 0 Å². The Morgan fingerprint density at radius 2 is 2.36 bits per heavy atom. The molecule has 1 rings (SSSR count). The van der Waals surface area contributed by atoms with E-state index in [1.165, 1.54) is 4.88 Å². The van der Waals surface area contributed by atoms with E-state index in [0.717, 1.165) is 25.9 Å². The minimum atomic E-state index is -0.177. The lowest BCUT2D eigenvalue weighted by molar-refractivity contribution is 0.123. The minimum Gasteiger partial charge on any atom is -0.392 e. The van der Waals surface area contributed by atoms with Gasteiger partial charge in [-0.15, -0.1) is 11.3 Å². The van der Waals surface area contributed by atoms with Gasteiger partial charge in [0.25, 0.3) is 0 Å². The second-order valence-corrected chi connectivity index (χ2v) is 4.69. The Balaban J connectivity index is 2.18. The molecule has 1 N–H and O–H groups in total. The summed E-state index contributed by atoms with van der Waals surface area (Å²) in [6, 6.07) is 4.25. The van der Waals surface area contributed by atoms with Gasteiger partial charge in [-0.3, -0.25) is 0 Å². The van der Waals surface area contributed by atoms with Crippen LogP contribution in [0.2, 0.25) is 0 Å². The van der Waals surface area contributed by atoms with E-state index in [0.29, 0.717) is 0 Å². The van der Waals surface area contributed by atoms with Crippen LogP contribution in [0.1, 0.15) is 18.2 Å². The molecule has 0 aliphatic heterocycles. The first-order chi connectivity index (χ1) is 6.72. The van der Waals surface area contributed by atoms with Crippen molar-refractivity contribution in [1.29, 1.82) is 0 Å². The Kier molecular flexibility index (Phi) is 5.15. The third-order valence-corrected chi connectivity index (χ3v) is 3.25. The maximum atomic E-state index is 9.45. The van der Waals surface area contributed by atoms with Crippen molar-refractivity contribution >= 4 is 11.3 Å². The monoisotopic (exact) mass is 213 g/mol. The Hall–Kier alpha value is -0.380. The zero-order valence-corrected chi connectivity index (χ0v) is 9.76. The van der Waals surface area contributed by atoms with Crippen LogP contribution in [-0.2, 0) is 6.42 Å². The quantitative estimate of drug-likeness (QED) is 0.781. The van der Waals surface area contributed by atoms with Gasteiger partial charge in [-0.05, 0) is 31.3 Å². The summed E-state index contributed by atoms with van der Waals surface area (Å²) in [5.41, 5.74) is 0. The summed E-state index contributed by atoms with van der Waals surface area (Å²) in [6.45, 7) is 3.82. The summed E-state index contributed by atoms with van der Waals surface area (Å²) >= 11 is 1.80. The van der Waals surface area contributed by atoms with Gasteiger partial charge in [-0.1, -0.05) is 13.0 Å². The molecule has 1 atom stereocenters. The lowest BCUT2D eigenvalue weighted by Gasteiger charge is -2.19. The van der Waals surface area contributed by atoms with E-state index in [9.17, 15) is 5.11 Å². The van der Waals surface area contributed by atoms with E-state index in [1.54, 1.807) is 11.3 Å². The average molecular weight is 213 g/mol. The second-order valence-electron chi connectivity index (χ2n) is 3.65. The van der Waals surface area contributed by atoms with E-state index in [4.69, 9.17) is 0 Å². The lowest BCUT2D eigenvalue weighted by Crippen LogP contribution is -2.30. The maximum absolute atomic E-state index is 9.45. The predicted molar refractivity (Wildman–Crippen MR) is 61.8 cm³/mol. The van der Waals surface area contributed by atoms with Gasteiger partial charge >= 0.3 is 0 Å². The highest BCUT2D eigenvalue weighted by Crippen LogP contribution is 2.09. The number of aliphatic hydroxyl groups excluding tert-OH is 1. The summed E-state index contributed by atoms with van der Waals surface area (Å²) in [7, 11) is 2.06. The number of hydrogen-bond donors (Lipinski definition) is 1. The largest absolute Gasteiger partial charge is 0.392 e. The normalized spacial score (nSPS) is 13.4. The molecule has 1 aromatic heterocycles. The van der Waals surface area contributed by atoms with E-state index in [-0.39, 0.29) is 6.10 Å². The van der Waals surface area contributed by atoms with Crippen LogP contribution in [0.15, 0.2) is 17.5 Å². The molecule has 0 aliphatic carbocycles. The summed E-state index contributed by atoms with van der Waals surface area (Å²) < 4.78 is 0. The molecule has 0 aromatic carbocycles. The zero-order valence-electron chi connectivity index (χ0n) is 8.94. The molecule has 1 heterocycles. The number of likely N-dealkylation sites (N-methyl/N-ethyl adjacent to an activating group) is 1. The Morgan fingerprint density at radius 1 is 1.57 bits per heavy atom. The fourth-order valence-corrected chi connectivity index (χ4v) is 2.03. The van der Waals surface area contributed by atoms with Crippen molar-refractivity contribution in [1.82, 2.24) is 4.90 Å². The summed E-state index contributed by atoms with van der Waals surface area (Å²) in [5, 5.41) is 11.6. The molecular weight excluding hydrogens is 194 g/mol. The standard InChI is InChI=1S/C11H19NOS/c1-3-10(13)9-12(2)7-6-11-5-4-8-14-11/h4-5,8,10,13H,3,6-7,9H2,1-2H3/t10-/m1/s1. The van der Waals surface area contributed by atoms with Crippen molar-refractivity contribution in [2.24, 2.45) is 0 Å². The molecule has 0 saturated carbocycles. The van der Waals surface area contributed by atoms with Crippen molar-refractivity contribution in [3.05, 3.63) is 22.4 Å². The highest BCUT2D eigenvalue weighted by Gasteiger charge is 2.05. The number of nitrogens with zero attached hydrogens (tertiary/aromatic N) is 1. The van der Waals surface area contributed by atoms with Gasteiger partial charge in [0.2, 0.25) is 0 Å². The first-order valence-electron chi connectivity index (χ1n) is 5.11. The number of thiophene rings is 1. The predicted octanol–water partition coefficient (Wildman–Crippen LogP) is 1.99. The Labute approximate surface area is 90.2 Å². The van der Waals surface area contributed by atoms with Gasteiger partial charge in [-0.25, -0.2) is 0 Å². The summed E-state index contributed by atoms with van der Waals surface area (Å²) in [6.07, 6.45) is 1.75. The molecule has 0 radical (unpaired) electrons. The van der Waals surface area contributed by atoms with E-state index >= 15 is 0 Å². The molecule has 0 bridgehead atoms. The van der Waals surface area contributed by atoms with Crippen molar-refractivity contribution < 1.29 is 5.11 Å². The number of rotatable bonds is 6. The lowest BCUT2D eigenvalue weighted by atomic mass is 10.2. The third kappa shape index (κ3) is 4.22. The highest BCUT2D eigenvalue weighted by molar-refractivity contribution is 7.09. The van der Waals surface area contributed by atoms with Gasteiger partial charge < -0.3 is 10.0 Å². The van der Waals surface area contributed by atoms with Crippen molar-refractivity contribution in [3.63, 3.8) is 0 Å². The van der Waals surface area contributed by atoms with E-state index < -0.39 is 0 Å². The molecule has 3 heteroatoms. The Morgan fingerprint density at radius 3 is 2.93 bits per heavy atom. The Bertz CT molecular complexity index is 235. The van der Waals surface area contributed by atoms with Crippen LogP contribution >= 0.6 is 11.3 Å². The molecule has 0 amide bonds. The minimum absolute atomic E-state index is 0.177. The first kappa shape index (κ1) is 11.7. The average Bonchev–Trinajstić information content (AvgIpc) is 2.67. The second kappa shape index (κ2) is 6.17. The molecule has 0 aliphatic rings. The molecule has 0 unspecified atom stereocenters. The topological polar surface area (TPSA) is 23.5 Å². The zero-order chi connectivity index (χ0) is 10.4. The fourth-order valence-electron chi connectivity index (χ4n) is 1.34. The van der Waals surface area contributed by atoms with Crippen LogP contribution in [0.4, 0.5) is 0 Å².